The molecule has 0 aliphatic rings. The Balaban J connectivity index is 2.64. The lowest BCUT2D eigenvalue weighted by Gasteiger charge is -2.21. The second kappa shape index (κ2) is 8.03. The highest BCUT2D eigenvalue weighted by Crippen LogP contribution is 2.29. The third-order valence-electron chi connectivity index (χ3n) is 2.55. The average Bonchev–Trinajstić information content (AvgIpc) is 2.29. The summed E-state index contributed by atoms with van der Waals surface area (Å²) in [6.45, 7) is 7.31. The van der Waals surface area contributed by atoms with Gasteiger partial charge in [0.15, 0.2) is 0 Å². The SMILES string of the molecule is CCCC(CNC(C)C)Oc1ccc(Cl)cc1Br. The summed E-state index contributed by atoms with van der Waals surface area (Å²) in [5.41, 5.74) is 0. The van der Waals surface area contributed by atoms with Gasteiger partial charge in [0.05, 0.1) is 4.47 Å². The van der Waals surface area contributed by atoms with Gasteiger partial charge in [-0.25, -0.2) is 0 Å². The summed E-state index contributed by atoms with van der Waals surface area (Å²) in [4.78, 5) is 0. The first-order valence-corrected chi connectivity index (χ1v) is 7.55. The van der Waals surface area contributed by atoms with Crippen molar-refractivity contribution >= 4 is 27.5 Å². The normalized spacial score (nSPS) is 12.8. The maximum absolute atomic E-state index is 6.02. The zero-order chi connectivity index (χ0) is 13.5. The Kier molecular flexibility index (Phi) is 7.05. The topological polar surface area (TPSA) is 21.3 Å². The molecule has 1 aromatic rings. The van der Waals surface area contributed by atoms with E-state index in [1.165, 1.54) is 0 Å². The van der Waals surface area contributed by atoms with Crippen LogP contribution in [-0.2, 0) is 0 Å². The Bertz CT molecular complexity index is 371. The summed E-state index contributed by atoms with van der Waals surface area (Å²) in [6.07, 6.45) is 2.33. The zero-order valence-corrected chi connectivity index (χ0v) is 13.5. The van der Waals surface area contributed by atoms with E-state index < -0.39 is 0 Å². The maximum atomic E-state index is 6.02. The fourth-order valence-electron chi connectivity index (χ4n) is 1.64. The predicted molar refractivity (Wildman–Crippen MR) is 81.6 cm³/mol. The molecule has 1 unspecified atom stereocenters. The van der Waals surface area contributed by atoms with Gasteiger partial charge >= 0.3 is 0 Å². The summed E-state index contributed by atoms with van der Waals surface area (Å²) in [7, 11) is 0. The Morgan fingerprint density at radius 2 is 2.11 bits per heavy atom. The first kappa shape index (κ1) is 15.8. The lowest BCUT2D eigenvalue weighted by molar-refractivity contribution is 0.182. The molecule has 0 spiro atoms. The van der Waals surface area contributed by atoms with Crippen LogP contribution in [0.25, 0.3) is 0 Å². The molecule has 1 N–H and O–H groups in total. The molecule has 0 heterocycles. The fraction of sp³-hybridized carbons (Fsp3) is 0.571. The molecule has 0 fully saturated rings. The Hall–Kier alpha value is -0.250. The first-order chi connectivity index (χ1) is 8.52. The summed E-state index contributed by atoms with van der Waals surface area (Å²) in [5, 5.41) is 4.12. The van der Waals surface area contributed by atoms with E-state index in [4.69, 9.17) is 16.3 Å². The van der Waals surface area contributed by atoms with Gasteiger partial charge in [0.2, 0.25) is 0 Å². The van der Waals surface area contributed by atoms with Crippen LogP contribution in [0.1, 0.15) is 33.6 Å². The van der Waals surface area contributed by atoms with Crippen LogP contribution in [0.2, 0.25) is 5.02 Å². The molecule has 18 heavy (non-hydrogen) atoms. The largest absolute Gasteiger partial charge is 0.488 e. The van der Waals surface area contributed by atoms with Crippen molar-refractivity contribution in [3.63, 3.8) is 0 Å². The smallest absolute Gasteiger partial charge is 0.134 e. The van der Waals surface area contributed by atoms with Crippen LogP contribution in [0, 0.1) is 0 Å². The van der Waals surface area contributed by atoms with E-state index in [0.29, 0.717) is 11.1 Å². The van der Waals surface area contributed by atoms with Gasteiger partial charge in [-0.2, -0.15) is 0 Å². The highest BCUT2D eigenvalue weighted by Gasteiger charge is 2.12. The van der Waals surface area contributed by atoms with Crippen LogP contribution >= 0.6 is 27.5 Å². The molecule has 0 saturated heterocycles. The molecule has 0 amide bonds. The van der Waals surface area contributed by atoms with Gasteiger partial charge in [0.1, 0.15) is 11.9 Å². The minimum absolute atomic E-state index is 0.190. The Morgan fingerprint density at radius 1 is 1.39 bits per heavy atom. The van der Waals surface area contributed by atoms with Crippen LogP contribution in [0.5, 0.6) is 5.75 Å². The highest BCUT2D eigenvalue weighted by atomic mass is 79.9. The number of halogens is 2. The third kappa shape index (κ3) is 5.59. The molecule has 0 aliphatic carbocycles. The number of benzene rings is 1. The van der Waals surface area contributed by atoms with Crippen LogP contribution in [-0.4, -0.2) is 18.7 Å². The lowest BCUT2D eigenvalue weighted by atomic mass is 10.2. The Morgan fingerprint density at radius 3 is 2.67 bits per heavy atom. The van der Waals surface area contributed by atoms with Crippen LogP contribution in [0.15, 0.2) is 22.7 Å². The molecule has 102 valence electrons. The van der Waals surface area contributed by atoms with Crippen LogP contribution in [0.3, 0.4) is 0 Å². The molecule has 1 rings (SSSR count). The minimum Gasteiger partial charge on any atom is -0.488 e. The molecule has 0 saturated carbocycles. The van der Waals surface area contributed by atoms with Crippen LogP contribution in [0.4, 0.5) is 0 Å². The summed E-state index contributed by atoms with van der Waals surface area (Å²) >= 11 is 9.40. The molecular weight excluding hydrogens is 314 g/mol. The first-order valence-electron chi connectivity index (χ1n) is 6.38. The van der Waals surface area contributed by atoms with Gasteiger partial charge in [0, 0.05) is 17.6 Å². The van der Waals surface area contributed by atoms with E-state index in [1.54, 1.807) is 0 Å². The molecule has 1 atom stereocenters. The van der Waals surface area contributed by atoms with E-state index in [1.807, 2.05) is 18.2 Å². The maximum Gasteiger partial charge on any atom is 0.134 e. The van der Waals surface area contributed by atoms with E-state index >= 15 is 0 Å². The van der Waals surface area contributed by atoms with Crippen molar-refractivity contribution in [3.05, 3.63) is 27.7 Å². The van der Waals surface area contributed by atoms with Crippen molar-refractivity contribution < 1.29 is 4.74 Å². The molecule has 0 aliphatic heterocycles. The molecule has 0 radical (unpaired) electrons. The number of hydrogen-bond acceptors (Lipinski definition) is 2. The monoisotopic (exact) mass is 333 g/mol. The van der Waals surface area contributed by atoms with Crippen LogP contribution < -0.4 is 10.1 Å². The van der Waals surface area contributed by atoms with Crippen molar-refractivity contribution in [1.82, 2.24) is 5.32 Å². The van der Waals surface area contributed by atoms with Gasteiger partial charge < -0.3 is 10.1 Å². The van der Waals surface area contributed by atoms with Crippen molar-refractivity contribution in [1.29, 1.82) is 0 Å². The van der Waals surface area contributed by atoms with Gasteiger partial charge in [-0.1, -0.05) is 38.8 Å². The number of ether oxygens (including phenoxy) is 1. The number of rotatable bonds is 7. The molecular formula is C14H21BrClNO. The quantitative estimate of drug-likeness (QED) is 0.784. The summed E-state index contributed by atoms with van der Waals surface area (Å²) in [6, 6.07) is 6.09. The lowest BCUT2D eigenvalue weighted by Crippen LogP contribution is -2.35. The predicted octanol–water partition coefficient (Wildman–Crippen LogP) is 4.65. The fourth-order valence-corrected chi connectivity index (χ4v) is 2.42. The van der Waals surface area contributed by atoms with Crippen molar-refractivity contribution in [2.75, 3.05) is 6.54 Å². The van der Waals surface area contributed by atoms with Crippen molar-refractivity contribution in [2.24, 2.45) is 0 Å². The van der Waals surface area contributed by atoms with Gasteiger partial charge in [-0.3, -0.25) is 0 Å². The number of hydrogen-bond donors (Lipinski definition) is 1. The molecule has 0 aromatic heterocycles. The van der Waals surface area contributed by atoms with E-state index in [-0.39, 0.29) is 6.10 Å². The number of nitrogens with one attached hydrogen (secondary N) is 1. The highest BCUT2D eigenvalue weighted by molar-refractivity contribution is 9.10. The minimum atomic E-state index is 0.190. The van der Waals surface area contributed by atoms with Gasteiger partial charge in [-0.05, 0) is 40.5 Å². The summed E-state index contributed by atoms with van der Waals surface area (Å²) < 4.78 is 6.93. The molecule has 4 heteroatoms. The van der Waals surface area contributed by atoms with Crippen molar-refractivity contribution in [2.45, 2.75) is 45.8 Å². The molecule has 2 nitrogen and oxygen atoms in total. The summed E-state index contributed by atoms with van der Waals surface area (Å²) in [5.74, 6) is 0.850. The Labute approximate surface area is 123 Å². The van der Waals surface area contributed by atoms with E-state index in [0.717, 1.165) is 29.6 Å². The van der Waals surface area contributed by atoms with Gasteiger partial charge in [-0.15, -0.1) is 0 Å². The second-order valence-corrected chi connectivity index (χ2v) is 5.96. The van der Waals surface area contributed by atoms with E-state index in [2.05, 4.69) is 42.0 Å². The van der Waals surface area contributed by atoms with Crippen molar-refractivity contribution in [3.8, 4) is 5.75 Å². The zero-order valence-electron chi connectivity index (χ0n) is 11.2. The second-order valence-electron chi connectivity index (χ2n) is 4.67. The third-order valence-corrected chi connectivity index (χ3v) is 3.41. The van der Waals surface area contributed by atoms with Gasteiger partial charge in [0.25, 0.3) is 0 Å². The average molecular weight is 335 g/mol. The standard InChI is InChI=1S/C14H21BrClNO/c1-4-5-12(9-17-10(2)3)18-14-7-6-11(16)8-13(14)15/h6-8,10,12,17H,4-5,9H2,1-3H3. The molecule has 0 bridgehead atoms. The molecule has 1 aromatic carbocycles. The van der Waals surface area contributed by atoms with E-state index in [9.17, 15) is 0 Å².